The Hall–Kier alpha value is -2.93. The van der Waals surface area contributed by atoms with Crippen LogP contribution in [0.5, 0.6) is 0 Å². The number of rotatable bonds is 4. The Morgan fingerprint density at radius 3 is 2.74 bits per heavy atom. The third-order valence-corrected chi connectivity index (χ3v) is 3.58. The van der Waals surface area contributed by atoms with Gasteiger partial charge in [-0.2, -0.15) is 0 Å². The zero-order chi connectivity index (χ0) is 16.6. The van der Waals surface area contributed by atoms with E-state index in [4.69, 9.17) is 5.11 Å². The largest absolute Gasteiger partial charge is 0.395 e. The van der Waals surface area contributed by atoms with Gasteiger partial charge in [-0.3, -0.25) is 19.3 Å². The van der Waals surface area contributed by atoms with Gasteiger partial charge in [0.15, 0.2) is 5.43 Å². The minimum Gasteiger partial charge on any atom is -0.395 e. The molecule has 3 rings (SSSR count). The SMILES string of the molecule is Cc1cc(=O)c2cc(NC3=CC(=O)N(CCO)C3=O)ccc2[nH]1. The van der Waals surface area contributed by atoms with Crippen molar-refractivity contribution in [3.63, 3.8) is 0 Å². The van der Waals surface area contributed by atoms with Gasteiger partial charge in [0.25, 0.3) is 11.8 Å². The number of hydrogen-bond acceptors (Lipinski definition) is 5. The van der Waals surface area contributed by atoms with E-state index in [2.05, 4.69) is 10.3 Å². The number of carbonyl (C=O) groups excluding carboxylic acids is 2. The lowest BCUT2D eigenvalue weighted by atomic mass is 10.1. The van der Waals surface area contributed by atoms with Gasteiger partial charge in [-0.1, -0.05) is 0 Å². The normalized spacial score (nSPS) is 14.5. The first kappa shape index (κ1) is 15.0. The summed E-state index contributed by atoms with van der Waals surface area (Å²) in [4.78, 5) is 39.9. The van der Waals surface area contributed by atoms with Gasteiger partial charge in [0, 0.05) is 34.4 Å². The number of aryl methyl sites for hydroxylation is 1. The number of aromatic amines is 1. The molecule has 0 radical (unpaired) electrons. The van der Waals surface area contributed by atoms with E-state index in [1.54, 1.807) is 25.1 Å². The number of benzene rings is 1. The minimum absolute atomic E-state index is 0.0456. The fourth-order valence-corrected chi connectivity index (χ4v) is 2.52. The Morgan fingerprint density at radius 2 is 2.00 bits per heavy atom. The first-order valence-corrected chi connectivity index (χ1v) is 7.08. The molecule has 3 N–H and O–H groups in total. The van der Waals surface area contributed by atoms with Gasteiger partial charge in [0.05, 0.1) is 13.2 Å². The third-order valence-electron chi connectivity index (χ3n) is 3.58. The van der Waals surface area contributed by atoms with Gasteiger partial charge in [0.2, 0.25) is 0 Å². The van der Waals surface area contributed by atoms with Crippen LogP contribution in [0.3, 0.4) is 0 Å². The van der Waals surface area contributed by atoms with Crippen LogP contribution >= 0.6 is 0 Å². The van der Waals surface area contributed by atoms with Crippen LogP contribution in [0.4, 0.5) is 5.69 Å². The van der Waals surface area contributed by atoms with Gasteiger partial charge >= 0.3 is 0 Å². The number of aliphatic hydroxyl groups excluding tert-OH is 1. The summed E-state index contributed by atoms with van der Waals surface area (Å²) in [7, 11) is 0. The lowest BCUT2D eigenvalue weighted by molar-refractivity contribution is -0.137. The van der Waals surface area contributed by atoms with Gasteiger partial charge < -0.3 is 15.4 Å². The summed E-state index contributed by atoms with van der Waals surface area (Å²) >= 11 is 0. The molecule has 0 unspecified atom stereocenters. The molecule has 1 aliphatic rings. The second-order valence-corrected chi connectivity index (χ2v) is 5.28. The summed E-state index contributed by atoms with van der Waals surface area (Å²) in [6.07, 6.45) is 1.18. The number of nitrogens with one attached hydrogen (secondary N) is 2. The van der Waals surface area contributed by atoms with E-state index in [0.29, 0.717) is 16.6 Å². The Bertz CT molecular complexity index is 898. The molecule has 23 heavy (non-hydrogen) atoms. The number of fused-ring (bicyclic) bond motifs is 1. The second-order valence-electron chi connectivity index (χ2n) is 5.28. The number of carbonyl (C=O) groups is 2. The standard InChI is InChI=1S/C16H15N3O4/c1-9-6-14(21)11-7-10(2-3-12(11)17-9)18-13-8-15(22)19(4-5-20)16(13)23/h2-3,6-8,18,20H,4-5H2,1H3,(H,17,21). The molecule has 0 fully saturated rings. The Kier molecular flexibility index (Phi) is 3.71. The summed E-state index contributed by atoms with van der Waals surface area (Å²) in [6, 6.07) is 6.57. The number of nitrogens with zero attached hydrogens (tertiary/aromatic N) is 1. The van der Waals surface area contributed by atoms with Crippen molar-refractivity contribution in [1.29, 1.82) is 0 Å². The van der Waals surface area contributed by atoms with E-state index in [1.165, 1.54) is 12.1 Å². The average molecular weight is 313 g/mol. The van der Waals surface area contributed by atoms with Crippen LogP contribution in [-0.2, 0) is 9.59 Å². The number of hydrogen-bond donors (Lipinski definition) is 3. The van der Waals surface area contributed by atoms with Crippen molar-refractivity contribution in [3.8, 4) is 0 Å². The van der Waals surface area contributed by atoms with Crippen LogP contribution in [0.15, 0.2) is 40.8 Å². The molecule has 2 amide bonds. The topological polar surface area (TPSA) is 102 Å². The van der Waals surface area contributed by atoms with Crippen molar-refractivity contribution < 1.29 is 14.7 Å². The fourth-order valence-electron chi connectivity index (χ4n) is 2.52. The number of aromatic nitrogens is 1. The van der Waals surface area contributed by atoms with E-state index in [-0.39, 0.29) is 24.3 Å². The molecule has 2 aromatic rings. The summed E-state index contributed by atoms with van der Waals surface area (Å²) < 4.78 is 0. The molecule has 1 aliphatic heterocycles. The molecule has 2 heterocycles. The number of pyridine rings is 1. The average Bonchev–Trinajstić information content (AvgIpc) is 2.76. The van der Waals surface area contributed by atoms with Crippen molar-refractivity contribution in [3.05, 3.63) is 52.0 Å². The van der Waals surface area contributed by atoms with Gasteiger partial charge in [-0.05, 0) is 25.1 Å². The molecule has 7 nitrogen and oxygen atoms in total. The quantitative estimate of drug-likeness (QED) is 0.713. The lowest BCUT2D eigenvalue weighted by Crippen LogP contribution is -2.34. The summed E-state index contributed by atoms with van der Waals surface area (Å²) in [5.74, 6) is -0.970. The minimum atomic E-state index is -0.498. The molecule has 1 aromatic heterocycles. The molecule has 118 valence electrons. The summed E-state index contributed by atoms with van der Waals surface area (Å²) in [5, 5.41) is 12.2. The maximum Gasteiger partial charge on any atom is 0.277 e. The number of aliphatic hydroxyl groups is 1. The van der Waals surface area contributed by atoms with Crippen LogP contribution in [-0.4, -0.2) is 40.0 Å². The van der Waals surface area contributed by atoms with Crippen molar-refractivity contribution in [1.82, 2.24) is 9.88 Å². The maximum atomic E-state index is 12.1. The van der Waals surface area contributed by atoms with E-state index < -0.39 is 11.8 Å². The molecule has 7 heteroatoms. The Balaban J connectivity index is 1.91. The summed E-state index contributed by atoms with van der Waals surface area (Å²) in [5.41, 5.74) is 1.99. The highest BCUT2D eigenvalue weighted by Gasteiger charge is 2.30. The lowest BCUT2D eigenvalue weighted by Gasteiger charge is -2.13. The first-order valence-electron chi connectivity index (χ1n) is 7.08. The Morgan fingerprint density at radius 1 is 1.22 bits per heavy atom. The maximum absolute atomic E-state index is 12.1. The molecule has 1 aromatic carbocycles. The Labute approximate surface area is 131 Å². The van der Waals surface area contributed by atoms with Crippen LogP contribution in [0.25, 0.3) is 10.9 Å². The van der Waals surface area contributed by atoms with Crippen molar-refractivity contribution >= 4 is 28.4 Å². The number of H-pyrrole nitrogens is 1. The smallest absolute Gasteiger partial charge is 0.277 e. The van der Waals surface area contributed by atoms with Crippen LogP contribution in [0, 0.1) is 6.92 Å². The molecule has 0 bridgehead atoms. The van der Waals surface area contributed by atoms with Gasteiger partial charge in [-0.25, -0.2) is 0 Å². The summed E-state index contributed by atoms with van der Waals surface area (Å²) in [6.45, 7) is 1.47. The highest BCUT2D eigenvalue weighted by Crippen LogP contribution is 2.20. The molecular formula is C16H15N3O4. The number of β-amino-alcohol motifs (C(OH)–C–C–N with tert-alkyl or cyclic N) is 1. The monoisotopic (exact) mass is 313 g/mol. The van der Waals surface area contributed by atoms with Crippen LogP contribution in [0.2, 0.25) is 0 Å². The van der Waals surface area contributed by atoms with Gasteiger partial charge in [0.1, 0.15) is 5.70 Å². The molecule has 0 atom stereocenters. The van der Waals surface area contributed by atoms with E-state index in [0.717, 1.165) is 10.6 Å². The van der Waals surface area contributed by atoms with Crippen molar-refractivity contribution in [2.24, 2.45) is 0 Å². The number of imide groups is 1. The number of amides is 2. The predicted octanol–water partition coefficient (Wildman–Crippen LogP) is 0.493. The zero-order valence-electron chi connectivity index (χ0n) is 12.4. The van der Waals surface area contributed by atoms with E-state index in [9.17, 15) is 14.4 Å². The van der Waals surface area contributed by atoms with E-state index in [1.807, 2.05) is 0 Å². The molecule has 0 saturated heterocycles. The molecule has 0 saturated carbocycles. The highest BCUT2D eigenvalue weighted by molar-refractivity contribution is 6.17. The molecular weight excluding hydrogens is 298 g/mol. The third kappa shape index (κ3) is 2.74. The predicted molar refractivity (Wildman–Crippen MR) is 84.8 cm³/mol. The zero-order valence-corrected chi connectivity index (χ0v) is 12.4. The first-order chi connectivity index (χ1) is 11.0. The van der Waals surface area contributed by atoms with Crippen molar-refractivity contribution in [2.75, 3.05) is 18.5 Å². The van der Waals surface area contributed by atoms with E-state index >= 15 is 0 Å². The fraction of sp³-hybridized carbons (Fsp3) is 0.188. The van der Waals surface area contributed by atoms with Crippen LogP contribution in [0.1, 0.15) is 5.69 Å². The molecule has 0 aliphatic carbocycles. The van der Waals surface area contributed by atoms with Crippen LogP contribution < -0.4 is 10.7 Å². The molecule has 0 spiro atoms. The number of anilines is 1. The second kappa shape index (κ2) is 5.69. The highest BCUT2D eigenvalue weighted by atomic mass is 16.3. The van der Waals surface area contributed by atoms with Crippen molar-refractivity contribution in [2.45, 2.75) is 6.92 Å². The van der Waals surface area contributed by atoms with Gasteiger partial charge in [-0.15, -0.1) is 0 Å².